The number of ether oxygens (including phenoxy) is 1. The van der Waals surface area contributed by atoms with Crippen molar-refractivity contribution in [2.24, 2.45) is 5.73 Å². The molecule has 0 bridgehead atoms. The second-order valence-corrected chi connectivity index (χ2v) is 7.00. The molecule has 106 valence electrons. The Kier molecular flexibility index (Phi) is 5.20. The highest BCUT2D eigenvalue weighted by molar-refractivity contribution is 9.11. The second-order valence-electron chi connectivity index (χ2n) is 4.51. The van der Waals surface area contributed by atoms with E-state index in [-0.39, 0.29) is 18.2 Å². The van der Waals surface area contributed by atoms with E-state index in [4.69, 9.17) is 5.73 Å². The molecule has 1 saturated heterocycles. The van der Waals surface area contributed by atoms with Crippen molar-refractivity contribution >= 4 is 33.4 Å². The van der Waals surface area contributed by atoms with Gasteiger partial charge in [0.25, 0.3) is 0 Å². The number of hydrogen-bond donors (Lipinski definition) is 2. The molecule has 2 heterocycles. The van der Waals surface area contributed by atoms with Crippen LogP contribution in [0.25, 0.3) is 0 Å². The summed E-state index contributed by atoms with van der Waals surface area (Å²) in [6, 6.07) is 4.52. The SMILES string of the molecule is COC(=O)NC1CCN(C(CN)c2ccc(Br)s2)C1. The predicted molar refractivity (Wildman–Crippen MR) is 79.3 cm³/mol. The van der Waals surface area contributed by atoms with Gasteiger partial charge in [0.1, 0.15) is 0 Å². The summed E-state index contributed by atoms with van der Waals surface area (Å²) >= 11 is 5.19. The minimum absolute atomic E-state index is 0.143. The predicted octanol–water partition coefficient (Wildman–Crippen LogP) is 1.94. The summed E-state index contributed by atoms with van der Waals surface area (Å²) < 4.78 is 5.74. The number of alkyl carbamates (subject to hydrolysis) is 1. The molecule has 0 aliphatic carbocycles. The number of amides is 1. The first-order valence-corrected chi connectivity index (χ1v) is 7.78. The molecule has 0 saturated carbocycles. The van der Waals surface area contributed by atoms with Gasteiger partial charge >= 0.3 is 6.09 Å². The van der Waals surface area contributed by atoms with Crippen molar-refractivity contribution in [3.63, 3.8) is 0 Å². The van der Waals surface area contributed by atoms with Crippen molar-refractivity contribution in [1.82, 2.24) is 10.2 Å². The molecule has 0 aromatic carbocycles. The summed E-state index contributed by atoms with van der Waals surface area (Å²) in [7, 11) is 1.38. The number of nitrogens with zero attached hydrogens (tertiary/aromatic N) is 1. The van der Waals surface area contributed by atoms with Gasteiger partial charge in [0.2, 0.25) is 0 Å². The quantitative estimate of drug-likeness (QED) is 0.873. The largest absolute Gasteiger partial charge is 0.453 e. The molecule has 7 heteroatoms. The van der Waals surface area contributed by atoms with Crippen LogP contribution in [0.3, 0.4) is 0 Å². The first-order chi connectivity index (χ1) is 9.13. The number of nitrogens with one attached hydrogen (secondary N) is 1. The Morgan fingerprint density at radius 3 is 3.11 bits per heavy atom. The molecule has 1 aromatic rings. The third-order valence-electron chi connectivity index (χ3n) is 3.31. The molecule has 1 aliphatic heterocycles. The molecule has 2 unspecified atom stereocenters. The van der Waals surface area contributed by atoms with Gasteiger partial charge < -0.3 is 15.8 Å². The van der Waals surface area contributed by atoms with Crippen LogP contribution in [-0.2, 0) is 4.74 Å². The van der Waals surface area contributed by atoms with Crippen LogP contribution in [0.5, 0.6) is 0 Å². The van der Waals surface area contributed by atoms with Crippen molar-refractivity contribution in [2.75, 3.05) is 26.7 Å². The Morgan fingerprint density at radius 1 is 1.74 bits per heavy atom. The van der Waals surface area contributed by atoms with E-state index in [0.717, 1.165) is 23.3 Å². The van der Waals surface area contributed by atoms with Crippen molar-refractivity contribution < 1.29 is 9.53 Å². The molecule has 1 amide bonds. The minimum atomic E-state index is -0.366. The molecule has 2 rings (SSSR count). The Balaban J connectivity index is 1.96. The van der Waals surface area contributed by atoms with Crippen LogP contribution in [0.2, 0.25) is 0 Å². The number of thiophene rings is 1. The van der Waals surface area contributed by atoms with Crippen molar-refractivity contribution in [3.8, 4) is 0 Å². The number of carbonyl (C=O) groups is 1. The van der Waals surface area contributed by atoms with Gasteiger partial charge in [0.15, 0.2) is 0 Å². The van der Waals surface area contributed by atoms with Crippen LogP contribution in [-0.4, -0.2) is 43.8 Å². The molecule has 5 nitrogen and oxygen atoms in total. The molecule has 3 N–H and O–H groups in total. The zero-order chi connectivity index (χ0) is 13.8. The summed E-state index contributed by atoms with van der Waals surface area (Å²) in [4.78, 5) is 14.8. The lowest BCUT2D eigenvalue weighted by molar-refractivity contribution is 0.165. The van der Waals surface area contributed by atoms with Gasteiger partial charge in [0.05, 0.1) is 16.9 Å². The number of hydrogen-bond acceptors (Lipinski definition) is 5. The Bertz CT molecular complexity index is 440. The highest BCUT2D eigenvalue weighted by Crippen LogP contribution is 2.32. The van der Waals surface area contributed by atoms with Crippen molar-refractivity contribution in [3.05, 3.63) is 20.8 Å². The molecule has 0 spiro atoms. The van der Waals surface area contributed by atoms with Crippen LogP contribution in [0.4, 0.5) is 4.79 Å². The lowest BCUT2D eigenvalue weighted by atomic mass is 10.2. The monoisotopic (exact) mass is 347 g/mol. The highest BCUT2D eigenvalue weighted by atomic mass is 79.9. The normalized spacial score (nSPS) is 21.3. The minimum Gasteiger partial charge on any atom is -0.453 e. The van der Waals surface area contributed by atoms with Crippen LogP contribution < -0.4 is 11.1 Å². The third-order valence-corrected chi connectivity index (χ3v) is 5.04. The summed E-state index contributed by atoms with van der Waals surface area (Å²) in [5.41, 5.74) is 5.90. The van der Waals surface area contributed by atoms with Crippen LogP contribution >= 0.6 is 27.3 Å². The lowest BCUT2D eigenvalue weighted by Gasteiger charge is -2.25. The molecule has 1 fully saturated rings. The van der Waals surface area contributed by atoms with E-state index in [0.29, 0.717) is 6.54 Å². The van der Waals surface area contributed by atoms with E-state index < -0.39 is 0 Å². The van der Waals surface area contributed by atoms with E-state index in [1.807, 2.05) is 6.07 Å². The summed E-state index contributed by atoms with van der Waals surface area (Å²) in [5.74, 6) is 0. The number of rotatable bonds is 4. The molecule has 2 atom stereocenters. The smallest absolute Gasteiger partial charge is 0.407 e. The Hall–Kier alpha value is -0.630. The molecule has 19 heavy (non-hydrogen) atoms. The lowest BCUT2D eigenvalue weighted by Crippen LogP contribution is -2.38. The number of likely N-dealkylation sites (tertiary alicyclic amines) is 1. The van der Waals surface area contributed by atoms with Gasteiger partial charge in [-0.05, 0) is 34.5 Å². The molecular formula is C12H18BrN3O2S. The van der Waals surface area contributed by atoms with Crippen molar-refractivity contribution in [2.45, 2.75) is 18.5 Å². The average molecular weight is 348 g/mol. The fourth-order valence-corrected chi connectivity index (χ4v) is 3.94. The van der Waals surface area contributed by atoms with Crippen LogP contribution in [0.1, 0.15) is 17.3 Å². The van der Waals surface area contributed by atoms with Crippen LogP contribution in [0.15, 0.2) is 15.9 Å². The topological polar surface area (TPSA) is 67.6 Å². The molecule has 0 radical (unpaired) electrons. The first kappa shape index (κ1) is 14.8. The number of carbonyl (C=O) groups excluding carboxylic acids is 1. The van der Waals surface area contributed by atoms with Crippen LogP contribution in [0, 0.1) is 0 Å². The highest BCUT2D eigenvalue weighted by Gasteiger charge is 2.30. The standard InChI is InChI=1S/C12H18BrN3O2S/c1-18-12(17)15-8-4-5-16(7-8)9(6-14)10-2-3-11(13)19-10/h2-3,8-9H,4-7,14H2,1H3,(H,15,17). The maximum atomic E-state index is 11.2. The fourth-order valence-electron chi connectivity index (χ4n) is 2.37. The van der Waals surface area contributed by atoms with Gasteiger partial charge in [-0.2, -0.15) is 0 Å². The average Bonchev–Trinajstić information content (AvgIpc) is 3.01. The Labute approximate surface area is 125 Å². The van der Waals surface area contributed by atoms with Gasteiger partial charge in [-0.3, -0.25) is 4.90 Å². The number of nitrogens with two attached hydrogens (primary N) is 1. The fraction of sp³-hybridized carbons (Fsp3) is 0.583. The van der Waals surface area contributed by atoms with E-state index in [1.165, 1.54) is 12.0 Å². The third kappa shape index (κ3) is 3.68. The molecular weight excluding hydrogens is 330 g/mol. The number of halogens is 1. The van der Waals surface area contributed by atoms with E-state index in [1.54, 1.807) is 11.3 Å². The summed E-state index contributed by atoms with van der Waals surface area (Å²) in [6.45, 7) is 2.33. The molecule has 1 aromatic heterocycles. The first-order valence-electron chi connectivity index (χ1n) is 6.18. The van der Waals surface area contributed by atoms with E-state index in [9.17, 15) is 4.79 Å². The maximum Gasteiger partial charge on any atom is 0.407 e. The van der Waals surface area contributed by atoms with Gasteiger partial charge in [-0.15, -0.1) is 11.3 Å². The zero-order valence-corrected chi connectivity index (χ0v) is 13.2. The van der Waals surface area contributed by atoms with Gasteiger partial charge in [-0.1, -0.05) is 0 Å². The van der Waals surface area contributed by atoms with E-state index >= 15 is 0 Å². The molecule has 1 aliphatic rings. The maximum absolute atomic E-state index is 11.2. The zero-order valence-electron chi connectivity index (χ0n) is 10.8. The Morgan fingerprint density at radius 2 is 2.53 bits per heavy atom. The second kappa shape index (κ2) is 6.69. The summed E-state index contributed by atoms with van der Waals surface area (Å²) in [5, 5.41) is 2.84. The van der Waals surface area contributed by atoms with Crippen molar-refractivity contribution in [1.29, 1.82) is 0 Å². The van der Waals surface area contributed by atoms with E-state index in [2.05, 4.69) is 36.9 Å². The van der Waals surface area contributed by atoms with Gasteiger partial charge in [0, 0.05) is 30.6 Å². The summed E-state index contributed by atoms with van der Waals surface area (Å²) in [6.07, 6.45) is 0.563. The number of methoxy groups -OCH3 is 1. The van der Waals surface area contributed by atoms with Gasteiger partial charge in [-0.25, -0.2) is 4.79 Å².